The summed E-state index contributed by atoms with van der Waals surface area (Å²) in [5.41, 5.74) is 1.45. The second-order valence-electron chi connectivity index (χ2n) is 6.26. The normalized spacial score (nSPS) is 30.0. The number of benzene rings is 2. The van der Waals surface area contributed by atoms with Crippen LogP contribution in [-0.4, -0.2) is 21.9 Å². The Morgan fingerprint density at radius 1 is 1.17 bits per heavy atom. The number of rotatable bonds is 3. The summed E-state index contributed by atoms with van der Waals surface area (Å²) < 4.78 is 5.70. The van der Waals surface area contributed by atoms with Gasteiger partial charge >= 0.3 is 0 Å². The predicted molar refractivity (Wildman–Crippen MR) is 90.5 cm³/mol. The van der Waals surface area contributed by atoms with Crippen molar-refractivity contribution in [2.75, 3.05) is 0 Å². The van der Waals surface area contributed by atoms with E-state index in [4.69, 9.17) is 16.3 Å². The summed E-state index contributed by atoms with van der Waals surface area (Å²) in [6, 6.07) is 15.0. The van der Waals surface area contributed by atoms with Crippen LogP contribution in [0.4, 0.5) is 0 Å². The van der Waals surface area contributed by atoms with Gasteiger partial charge in [0.25, 0.3) is 0 Å². The SMILES string of the molecule is C[C@]1(O)C[C@H](c2ccccc2)[C@@H]([N+](=O)[O-])[C@H](c2ccc(Cl)cc2)O1. The second kappa shape index (κ2) is 6.51. The molecule has 1 fully saturated rings. The van der Waals surface area contributed by atoms with Crippen LogP contribution in [-0.2, 0) is 4.74 Å². The van der Waals surface area contributed by atoms with Gasteiger partial charge < -0.3 is 9.84 Å². The number of hydrogen-bond donors (Lipinski definition) is 1. The summed E-state index contributed by atoms with van der Waals surface area (Å²) >= 11 is 5.91. The molecule has 1 N–H and O–H groups in total. The molecule has 1 aliphatic heterocycles. The molecule has 2 aromatic rings. The topological polar surface area (TPSA) is 72.6 Å². The Kier molecular flexibility index (Phi) is 4.58. The van der Waals surface area contributed by atoms with E-state index < -0.39 is 23.9 Å². The van der Waals surface area contributed by atoms with Crippen molar-refractivity contribution in [2.24, 2.45) is 0 Å². The standard InChI is InChI=1S/C18H18ClNO4/c1-18(21)11-15(12-5-3-2-4-6-12)16(20(22)23)17(24-18)13-7-9-14(19)10-8-13/h2-10,15-17,21H,11H2,1H3/t15-,16-,17+,18-/m1/s1. The Morgan fingerprint density at radius 3 is 2.38 bits per heavy atom. The zero-order chi connectivity index (χ0) is 17.3. The molecule has 0 aliphatic carbocycles. The molecule has 0 unspecified atom stereocenters. The van der Waals surface area contributed by atoms with Crippen LogP contribution in [0.25, 0.3) is 0 Å². The predicted octanol–water partition coefficient (Wildman–Crippen LogP) is 3.94. The van der Waals surface area contributed by atoms with Gasteiger partial charge in [0, 0.05) is 16.4 Å². The molecular formula is C18H18ClNO4. The Balaban J connectivity index is 2.05. The van der Waals surface area contributed by atoms with Crippen molar-refractivity contribution in [1.82, 2.24) is 0 Å². The van der Waals surface area contributed by atoms with Crippen LogP contribution in [0, 0.1) is 10.1 Å². The molecule has 0 bridgehead atoms. The fourth-order valence-electron chi connectivity index (χ4n) is 3.32. The van der Waals surface area contributed by atoms with Gasteiger partial charge in [0.15, 0.2) is 11.9 Å². The van der Waals surface area contributed by atoms with Crippen LogP contribution in [0.5, 0.6) is 0 Å². The Morgan fingerprint density at radius 2 is 1.79 bits per heavy atom. The first-order valence-corrected chi connectivity index (χ1v) is 8.09. The van der Waals surface area contributed by atoms with Crippen molar-refractivity contribution < 1.29 is 14.8 Å². The molecule has 4 atom stereocenters. The van der Waals surface area contributed by atoms with Gasteiger partial charge in [-0.2, -0.15) is 0 Å². The smallest absolute Gasteiger partial charge is 0.250 e. The van der Waals surface area contributed by atoms with Gasteiger partial charge in [0.05, 0.1) is 5.92 Å². The van der Waals surface area contributed by atoms with E-state index in [9.17, 15) is 15.2 Å². The lowest BCUT2D eigenvalue weighted by Gasteiger charge is -2.41. The highest BCUT2D eigenvalue weighted by atomic mass is 35.5. The maximum absolute atomic E-state index is 11.8. The largest absolute Gasteiger partial charge is 0.366 e. The third-order valence-electron chi connectivity index (χ3n) is 4.37. The minimum atomic E-state index is -1.45. The molecule has 5 nitrogen and oxygen atoms in total. The number of hydrogen-bond acceptors (Lipinski definition) is 4. The van der Waals surface area contributed by atoms with E-state index in [1.54, 1.807) is 31.2 Å². The van der Waals surface area contributed by atoms with E-state index in [1.807, 2.05) is 30.3 Å². The summed E-state index contributed by atoms with van der Waals surface area (Å²) in [6.07, 6.45) is -0.696. The monoisotopic (exact) mass is 347 g/mol. The van der Waals surface area contributed by atoms with E-state index in [-0.39, 0.29) is 11.3 Å². The highest BCUT2D eigenvalue weighted by Gasteiger charge is 2.51. The molecular weight excluding hydrogens is 330 g/mol. The fourth-order valence-corrected chi connectivity index (χ4v) is 3.45. The maximum Gasteiger partial charge on any atom is 0.250 e. The lowest BCUT2D eigenvalue weighted by molar-refractivity contribution is -0.555. The van der Waals surface area contributed by atoms with Gasteiger partial charge in [0.1, 0.15) is 0 Å². The van der Waals surface area contributed by atoms with Crippen LogP contribution in [0.3, 0.4) is 0 Å². The van der Waals surface area contributed by atoms with Gasteiger partial charge in [-0.25, -0.2) is 0 Å². The average Bonchev–Trinajstić information content (AvgIpc) is 2.54. The third-order valence-corrected chi connectivity index (χ3v) is 4.62. The molecule has 2 aromatic carbocycles. The Hall–Kier alpha value is -1.95. The average molecular weight is 348 g/mol. The minimum absolute atomic E-state index is 0.159. The van der Waals surface area contributed by atoms with Crippen molar-refractivity contribution in [3.05, 3.63) is 80.9 Å². The van der Waals surface area contributed by atoms with Crippen molar-refractivity contribution >= 4 is 11.6 Å². The number of nitro groups is 1. The van der Waals surface area contributed by atoms with Crippen LogP contribution in [0.15, 0.2) is 54.6 Å². The maximum atomic E-state index is 11.8. The first-order chi connectivity index (χ1) is 11.4. The molecule has 3 rings (SSSR count). The zero-order valence-electron chi connectivity index (χ0n) is 13.1. The third kappa shape index (κ3) is 3.43. The summed E-state index contributed by atoms with van der Waals surface area (Å²) in [4.78, 5) is 11.5. The zero-order valence-corrected chi connectivity index (χ0v) is 13.9. The quantitative estimate of drug-likeness (QED) is 0.674. The number of nitrogens with zero attached hydrogens (tertiary/aromatic N) is 1. The molecule has 0 saturated carbocycles. The molecule has 1 saturated heterocycles. The van der Waals surface area contributed by atoms with Crippen LogP contribution in [0.1, 0.15) is 36.5 Å². The van der Waals surface area contributed by atoms with Crippen LogP contribution in [0.2, 0.25) is 5.02 Å². The lowest BCUT2D eigenvalue weighted by atomic mass is 9.79. The van der Waals surface area contributed by atoms with Gasteiger partial charge in [-0.15, -0.1) is 0 Å². The lowest BCUT2D eigenvalue weighted by Crippen LogP contribution is -2.48. The highest BCUT2D eigenvalue weighted by molar-refractivity contribution is 6.30. The van der Waals surface area contributed by atoms with Crippen LogP contribution >= 0.6 is 11.6 Å². The van der Waals surface area contributed by atoms with Gasteiger partial charge in [0.2, 0.25) is 6.04 Å². The van der Waals surface area contributed by atoms with Crippen LogP contribution < -0.4 is 0 Å². The first-order valence-electron chi connectivity index (χ1n) is 7.71. The Bertz CT molecular complexity index is 718. The van der Waals surface area contributed by atoms with Crippen molar-refractivity contribution in [2.45, 2.75) is 37.2 Å². The molecule has 0 radical (unpaired) electrons. The molecule has 1 heterocycles. The Labute approximate surface area is 145 Å². The van der Waals surface area contributed by atoms with E-state index in [0.717, 1.165) is 5.56 Å². The van der Waals surface area contributed by atoms with Crippen molar-refractivity contribution in [3.63, 3.8) is 0 Å². The summed E-state index contributed by atoms with van der Waals surface area (Å²) in [7, 11) is 0. The van der Waals surface area contributed by atoms with Crippen molar-refractivity contribution in [1.29, 1.82) is 0 Å². The first kappa shape index (κ1) is 16.9. The molecule has 126 valence electrons. The fraction of sp³-hybridized carbons (Fsp3) is 0.333. The molecule has 0 aromatic heterocycles. The number of halogens is 1. The number of aliphatic hydroxyl groups is 1. The van der Waals surface area contributed by atoms with E-state index >= 15 is 0 Å². The summed E-state index contributed by atoms with van der Waals surface area (Å²) in [6.45, 7) is 1.54. The molecule has 1 aliphatic rings. The molecule has 0 amide bonds. The summed E-state index contributed by atoms with van der Waals surface area (Å²) in [5, 5.41) is 22.9. The summed E-state index contributed by atoms with van der Waals surface area (Å²) in [5.74, 6) is -1.90. The number of ether oxygens (including phenoxy) is 1. The van der Waals surface area contributed by atoms with Gasteiger partial charge in [-0.05, 0) is 30.2 Å². The minimum Gasteiger partial charge on any atom is -0.366 e. The highest BCUT2D eigenvalue weighted by Crippen LogP contribution is 2.45. The van der Waals surface area contributed by atoms with Gasteiger partial charge in [-0.1, -0.05) is 54.1 Å². The second-order valence-corrected chi connectivity index (χ2v) is 6.70. The molecule has 24 heavy (non-hydrogen) atoms. The van der Waals surface area contributed by atoms with E-state index in [2.05, 4.69) is 0 Å². The molecule has 6 heteroatoms. The van der Waals surface area contributed by atoms with Crippen molar-refractivity contribution in [3.8, 4) is 0 Å². The van der Waals surface area contributed by atoms with Gasteiger partial charge in [-0.3, -0.25) is 10.1 Å². The van der Waals surface area contributed by atoms with E-state index in [1.165, 1.54) is 0 Å². The molecule has 0 spiro atoms. The van der Waals surface area contributed by atoms with E-state index in [0.29, 0.717) is 10.6 Å².